The van der Waals surface area contributed by atoms with E-state index in [0.29, 0.717) is 19.7 Å². The third kappa shape index (κ3) is 4.70. The molecule has 0 aromatic heterocycles. The van der Waals surface area contributed by atoms with E-state index >= 15 is 0 Å². The molecule has 0 aromatic rings. The molecule has 0 saturated carbocycles. The number of urea groups is 1. The lowest BCUT2D eigenvalue weighted by Crippen LogP contribution is -2.49. The summed E-state index contributed by atoms with van der Waals surface area (Å²) in [5.74, 6) is -0.914. The van der Waals surface area contributed by atoms with Gasteiger partial charge in [0, 0.05) is 26.2 Å². The summed E-state index contributed by atoms with van der Waals surface area (Å²) >= 11 is 0. The van der Waals surface area contributed by atoms with Crippen LogP contribution in [0.3, 0.4) is 0 Å². The Labute approximate surface area is 114 Å². The van der Waals surface area contributed by atoms with Crippen molar-refractivity contribution in [2.45, 2.75) is 39.7 Å². The molecule has 110 valence electrons. The van der Waals surface area contributed by atoms with E-state index in [-0.39, 0.29) is 18.7 Å². The highest BCUT2D eigenvalue weighted by Crippen LogP contribution is 2.15. The molecule has 0 unspecified atom stereocenters. The predicted molar refractivity (Wildman–Crippen MR) is 71.0 cm³/mol. The summed E-state index contributed by atoms with van der Waals surface area (Å²) in [5, 5.41) is 11.7. The van der Waals surface area contributed by atoms with Crippen molar-refractivity contribution in [2.75, 3.05) is 26.2 Å². The van der Waals surface area contributed by atoms with E-state index in [0.717, 1.165) is 12.8 Å². The number of carboxylic acid groups (broad SMARTS) is 1. The van der Waals surface area contributed by atoms with Gasteiger partial charge in [-0.05, 0) is 33.6 Å². The summed E-state index contributed by atoms with van der Waals surface area (Å²) in [5.41, 5.74) is -0.945. The topological polar surface area (TPSA) is 78.9 Å². The van der Waals surface area contributed by atoms with Gasteiger partial charge >= 0.3 is 12.0 Å². The predicted octanol–water partition coefficient (Wildman–Crippen LogP) is 1.31. The molecular weight excluding hydrogens is 248 g/mol. The van der Waals surface area contributed by atoms with Crippen molar-refractivity contribution < 1.29 is 19.4 Å². The number of amides is 2. The van der Waals surface area contributed by atoms with E-state index in [2.05, 4.69) is 5.32 Å². The van der Waals surface area contributed by atoms with E-state index in [1.54, 1.807) is 18.7 Å². The molecule has 2 N–H and O–H groups in total. The number of ether oxygens (including phenoxy) is 1. The maximum Gasteiger partial charge on any atom is 0.317 e. The van der Waals surface area contributed by atoms with Gasteiger partial charge < -0.3 is 20.1 Å². The molecule has 1 aliphatic rings. The van der Waals surface area contributed by atoms with Crippen LogP contribution in [-0.4, -0.2) is 54.4 Å². The van der Waals surface area contributed by atoms with Crippen LogP contribution >= 0.6 is 0 Å². The Morgan fingerprint density at radius 2 is 1.95 bits per heavy atom. The Kier molecular flexibility index (Phi) is 5.60. The van der Waals surface area contributed by atoms with Gasteiger partial charge in [0.2, 0.25) is 0 Å². The molecular formula is C13H24N2O4. The third-order valence-electron chi connectivity index (χ3n) is 3.39. The number of carboxylic acids is 1. The highest BCUT2D eigenvalue weighted by Gasteiger charge is 2.29. The minimum Gasteiger partial charge on any atom is -0.481 e. The molecule has 6 heteroatoms. The second kappa shape index (κ2) is 6.75. The molecule has 0 aromatic carbocycles. The van der Waals surface area contributed by atoms with Crippen molar-refractivity contribution in [3.8, 4) is 0 Å². The second-order valence-corrected chi connectivity index (χ2v) is 5.49. The van der Waals surface area contributed by atoms with Gasteiger partial charge in [-0.15, -0.1) is 0 Å². The summed E-state index contributed by atoms with van der Waals surface area (Å²) < 4.78 is 5.52. The summed E-state index contributed by atoms with van der Waals surface area (Å²) in [7, 11) is 0. The van der Waals surface area contributed by atoms with Crippen LogP contribution in [-0.2, 0) is 9.53 Å². The van der Waals surface area contributed by atoms with E-state index in [9.17, 15) is 9.59 Å². The monoisotopic (exact) mass is 272 g/mol. The number of nitrogens with one attached hydrogen (secondary N) is 1. The number of piperidine rings is 1. The zero-order chi connectivity index (χ0) is 14.5. The SMILES string of the molecule is CCOC1CCN(C(=O)NCC(C)(C)C(=O)O)CC1. The van der Waals surface area contributed by atoms with Crippen LogP contribution in [0, 0.1) is 5.41 Å². The van der Waals surface area contributed by atoms with Gasteiger partial charge in [0.05, 0.1) is 11.5 Å². The Morgan fingerprint density at radius 3 is 2.42 bits per heavy atom. The van der Waals surface area contributed by atoms with E-state index in [1.807, 2.05) is 6.92 Å². The summed E-state index contributed by atoms with van der Waals surface area (Å²) in [6.07, 6.45) is 1.91. The minimum absolute atomic E-state index is 0.132. The van der Waals surface area contributed by atoms with Crippen LogP contribution in [0.5, 0.6) is 0 Å². The molecule has 0 spiro atoms. The molecule has 1 rings (SSSR count). The normalized spacial score (nSPS) is 17.3. The molecule has 1 heterocycles. The Balaban J connectivity index is 2.34. The lowest BCUT2D eigenvalue weighted by atomic mass is 9.94. The third-order valence-corrected chi connectivity index (χ3v) is 3.39. The number of rotatable bonds is 5. The van der Waals surface area contributed by atoms with Crippen molar-refractivity contribution in [1.29, 1.82) is 0 Å². The highest BCUT2D eigenvalue weighted by atomic mass is 16.5. The van der Waals surface area contributed by atoms with Crippen molar-refractivity contribution in [3.05, 3.63) is 0 Å². The molecule has 1 fully saturated rings. The number of carbonyl (C=O) groups excluding carboxylic acids is 1. The van der Waals surface area contributed by atoms with Crippen molar-refractivity contribution >= 4 is 12.0 Å². The van der Waals surface area contributed by atoms with Gasteiger partial charge in [-0.3, -0.25) is 4.79 Å². The van der Waals surface area contributed by atoms with Crippen molar-refractivity contribution in [1.82, 2.24) is 10.2 Å². The van der Waals surface area contributed by atoms with Crippen LogP contribution in [0.1, 0.15) is 33.6 Å². The van der Waals surface area contributed by atoms with Crippen LogP contribution in [0.25, 0.3) is 0 Å². The lowest BCUT2D eigenvalue weighted by Gasteiger charge is -2.32. The second-order valence-electron chi connectivity index (χ2n) is 5.49. The molecule has 0 bridgehead atoms. The molecule has 1 saturated heterocycles. The van der Waals surface area contributed by atoms with Crippen LogP contribution in [0.15, 0.2) is 0 Å². The molecule has 6 nitrogen and oxygen atoms in total. The van der Waals surface area contributed by atoms with Crippen LogP contribution in [0.2, 0.25) is 0 Å². The maximum absolute atomic E-state index is 11.9. The van der Waals surface area contributed by atoms with Crippen molar-refractivity contribution in [3.63, 3.8) is 0 Å². The number of aliphatic carboxylic acids is 1. The zero-order valence-electron chi connectivity index (χ0n) is 11.9. The Bertz CT molecular complexity index is 323. The molecule has 19 heavy (non-hydrogen) atoms. The molecule has 1 aliphatic heterocycles. The number of hydrogen-bond acceptors (Lipinski definition) is 3. The largest absolute Gasteiger partial charge is 0.481 e. The molecule has 0 atom stereocenters. The molecule has 0 radical (unpaired) electrons. The molecule has 0 aliphatic carbocycles. The number of nitrogens with zero attached hydrogens (tertiary/aromatic N) is 1. The van der Waals surface area contributed by atoms with Gasteiger partial charge in [0.25, 0.3) is 0 Å². The Hall–Kier alpha value is -1.30. The van der Waals surface area contributed by atoms with Crippen LogP contribution in [0.4, 0.5) is 4.79 Å². The van der Waals surface area contributed by atoms with E-state index in [4.69, 9.17) is 9.84 Å². The van der Waals surface area contributed by atoms with Gasteiger partial charge in [-0.25, -0.2) is 4.79 Å². The first kappa shape index (κ1) is 15.8. The number of carbonyl (C=O) groups is 2. The van der Waals surface area contributed by atoms with Gasteiger partial charge in [0.15, 0.2) is 0 Å². The number of hydrogen-bond donors (Lipinski definition) is 2. The standard InChI is InChI=1S/C13H24N2O4/c1-4-19-10-5-7-15(8-6-10)12(18)14-9-13(2,3)11(16)17/h10H,4-9H2,1-3H3,(H,14,18)(H,16,17). The first-order chi connectivity index (χ1) is 8.86. The quantitative estimate of drug-likeness (QED) is 0.791. The first-order valence-corrected chi connectivity index (χ1v) is 6.74. The molecule has 2 amide bonds. The minimum atomic E-state index is -0.945. The van der Waals surface area contributed by atoms with E-state index in [1.165, 1.54) is 0 Å². The van der Waals surface area contributed by atoms with Crippen LogP contribution < -0.4 is 5.32 Å². The fraction of sp³-hybridized carbons (Fsp3) is 0.846. The lowest BCUT2D eigenvalue weighted by molar-refractivity contribution is -0.146. The fourth-order valence-corrected chi connectivity index (χ4v) is 1.95. The maximum atomic E-state index is 11.9. The fourth-order valence-electron chi connectivity index (χ4n) is 1.95. The van der Waals surface area contributed by atoms with Gasteiger partial charge in [-0.2, -0.15) is 0 Å². The Morgan fingerprint density at radius 1 is 1.37 bits per heavy atom. The average molecular weight is 272 g/mol. The smallest absolute Gasteiger partial charge is 0.317 e. The first-order valence-electron chi connectivity index (χ1n) is 6.74. The summed E-state index contributed by atoms with van der Waals surface area (Å²) in [4.78, 5) is 24.6. The van der Waals surface area contributed by atoms with Gasteiger partial charge in [0.1, 0.15) is 0 Å². The number of likely N-dealkylation sites (tertiary alicyclic amines) is 1. The zero-order valence-corrected chi connectivity index (χ0v) is 11.9. The van der Waals surface area contributed by atoms with Gasteiger partial charge in [-0.1, -0.05) is 0 Å². The summed E-state index contributed by atoms with van der Waals surface area (Å²) in [6.45, 7) is 7.30. The highest BCUT2D eigenvalue weighted by molar-refractivity contribution is 5.77. The average Bonchev–Trinajstić information content (AvgIpc) is 2.37. The summed E-state index contributed by atoms with van der Waals surface area (Å²) in [6, 6.07) is -0.190. The van der Waals surface area contributed by atoms with Crippen molar-refractivity contribution in [2.24, 2.45) is 5.41 Å². The van der Waals surface area contributed by atoms with E-state index < -0.39 is 11.4 Å².